The van der Waals surface area contributed by atoms with Gasteiger partial charge < -0.3 is 19.7 Å². The monoisotopic (exact) mass is 362 g/mol. The Bertz CT molecular complexity index is 945. The minimum atomic E-state index is -0.223. The topological polar surface area (TPSA) is 76.6 Å². The number of para-hydroxylation sites is 1. The molecule has 0 saturated carbocycles. The Kier molecular flexibility index (Phi) is 4.57. The van der Waals surface area contributed by atoms with Crippen molar-refractivity contribution >= 4 is 23.1 Å². The minimum Gasteiger partial charge on any atom is -0.486 e. The van der Waals surface area contributed by atoms with Gasteiger partial charge in [0, 0.05) is 24.5 Å². The van der Waals surface area contributed by atoms with Gasteiger partial charge in [-0.25, -0.2) is 9.97 Å². The largest absolute Gasteiger partial charge is 0.486 e. The van der Waals surface area contributed by atoms with Crippen molar-refractivity contribution in [2.24, 2.45) is 0 Å². The molecule has 0 fully saturated rings. The first-order valence-corrected chi connectivity index (χ1v) is 8.52. The number of ether oxygens (including phenoxy) is 2. The molecule has 1 aromatic heterocycles. The maximum Gasteiger partial charge on any atom is 0.278 e. The zero-order chi connectivity index (χ0) is 18.6. The maximum atomic E-state index is 12.5. The molecule has 2 heterocycles. The molecule has 0 aliphatic carbocycles. The van der Waals surface area contributed by atoms with Gasteiger partial charge in [-0.3, -0.25) is 4.79 Å². The third-order valence-corrected chi connectivity index (χ3v) is 4.13. The van der Waals surface area contributed by atoms with E-state index in [1.165, 1.54) is 17.3 Å². The van der Waals surface area contributed by atoms with Crippen LogP contribution >= 0.6 is 0 Å². The van der Waals surface area contributed by atoms with E-state index in [-0.39, 0.29) is 11.6 Å². The van der Waals surface area contributed by atoms with Gasteiger partial charge in [-0.1, -0.05) is 18.2 Å². The summed E-state index contributed by atoms with van der Waals surface area (Å²) < 4.78 is 11.1. The molecule has 136 valence electrons. The van der Waals surface area contributed by atoms with E-state index >= 15 is 0 Å². The van der Waals surface area contributed by atoms with E-state index in [0.717, 1.165) is 17.1 Å². The van der Waals surface area contributed by atoms with Crippen LogP contribution in [0.25, 0.3) is 0 Å². The second-order valence-corrected chi connectivity index (χ2v) is 5.97. The third kappa shape index (κ3) is 3.67. The van der Waals surface area contributed by atoms with E-state index in [2.05, 4.69) is 15.3 Å². The Morgan fingerprint density at radius 3 is 2.52 bits per heavy atom. The summed E-state index contributed by atoms with van der Waals surface area (Å²) in [5.74, 6) is 1.73. The van der Waals surface area contributed by atoms with Gasteiger partial charge in [-0.2, -0.15) is 0 Å². The summed E-state index contributed by atoms with van der Waals surface area (Å²) in [5.41, 5.74) is 1.87. The van der Waals surface area contributed by atoms with Crippen molar-refractivity contribution in [3.05, 3.63) is 66.6 Å². The Morgan fingerprint density at radius 2 is 1.78 bits per heavy atom. The lowest BCUT2D eigenvalue weighted by atomic mass is 10.2. The van der Waals surface area contributed by atoms with Crippen LogP contribution in [0.1, 0.15) is 10.5 Å². The molecule has 3 aromatic rings. The summed E-state index contributed by atoms with van der Waals surface area (Å²) in [5, 5.41) is 3.15. The predicted molar refractivity (Wildman–Crippen MR) is 102 cm³/mol. The van der Waals surface area contributed by atoms with Gasteiger partial charge in [0.2, 0.25) is 0 Å². The molecule has 7 nitrogen and oxygen atoms in total. The normalized spacial score (nSPS) is 12.3. The number of hydrogen-bond donors (Lipinski definition) is 1. The molecule has 1 aliphatic heterocycles. The summed E-state index contributed by atoms with van der Waals surface area (Å²) in [6, 6.07) is 15.0. The highest BCUT2D eigenvalue weighted by Gasteiger charge is 2.16. The number of nitrogens with one attached hydrogen (secondary N) is 1. The average Bonchev–Trinajstić information content (AvgIpc) is 2.74. The van der Waals surface area contributed by atoms with Crippen molar-refractivity contribution in [1.82, 2.24) is 9.97 Å². The molecule has 0 saturated heterocycles. The summed E-state index contributed by atoms with van der Waals surface area (Å²) >= 11 is 0. The number of fused-ring (bicyclic) bond motifs is 1. The van der Waals surface area contributed by atoms with Gasteiger partial charge in [0.25, 0.3) is 5.91 Å². The summed E-state index contributed by atoms with van der Waals surface area (Å²) in [7, 11) is 1.71. The van der Waals surface area contributed by atoms with Crippen LogP contribution in [0.2, 0.25) is 0 Å². The van der Waals surface area contributed by atoms with E-state index < -0.39 is 0 Å². The van der Waals surface area contributed by atoms with Gasteiger partial charge >= 0.3 is 0 Å². The van der Waals surface area contributed by atoms with Crippen molar-refractivity contribution in [3.63, 3.8) is 0 Å². The molecule has 1 amide bonds. The molecule has 4 rings (SSSR count). The van der Waals surface area contributed by atoms with E-state index in [9.17, 15) is 4.79 Å². The summed E-state index contributed by atoms with van der Waals surface area (Å²) in [6.07, 6.45) is 2.99. The number of rotatable bonds is 4. The van der Waals surface area contributed by atoms with Crippen LogP contribution in [-0.2, 0) is 0 Å². The number of amides is 1. The lowest BCUT2D eigenvalue weighted by Gasteiger charge is -2.19. The number of carbonyl (C=O) groups is 1. The van der Waals surface area contributed by atoms with E-state index in [4.69, 9.17) is 9.47 Å². The van der Waals surface area contributed by atoms with Crippen LogP contribution in [0.15, 0.2) is 60.9 Å². The third-order valence-electron chi connectivity index (χ3n) is 4.13. The zero-order valence-corrected chi connectivity index (χ0v) is 14.8. The minimum absolute atomic E-state index is 0.223. The molecular formula is C20H18N4O3. The van der Waals surface area contributed by atoms with Gasteiger partial charge in [-0.15, -0.1) is 0 Å². The Balaban J connectivity index is 1.47. The maximum absolute atomic E-state index is 12.5. The second kappa shape index (κ2) is 7.33. The van der Waals surface area contributed by atoms with Gasteiger partial charge in [0.05, 0.1) is 12.4 Å². The van der Waals surface area contributed by atoms with Crippen molar-refractivity contribution < 1.29 is 14.3 Å². The van der Waals surface area contributed by atoms with Gasteiger partial charge in [0.15, 0.2) is 11.5 Å². The van der Waals surface area contributed by atoms with E-state index in [1.54, 1.807) is 7.05 Å². The highest BCUT2D eigenvalue weighted by Crippen LogP contribution is 2.33. The predicted octanol–water partition coefficient (Wildman–Crippen LogP) is 3.27. The van der Waals surface area contributed by atoms with Crippen molar-refractivity contribution in [3.8, 4) is 11.5 Å². The van der Waals surface area contributed by atoms with Crippen molar-refractivity contribution in [1.29, 1.82) is 0 Å². The first-order chi connectivity index (χ1) is 13.2. The molecular weight excluding hydrogens is 344 g/mol. The fraction of sp³-hybridized carbons (Fsp3) is 0.150. The van der Waals surface area contributed by atoms with Crippen LogP contribution in [0.5, 0.6) is 11.5 Å². The molecule has 0 unspecified atom stereocenters. The second-order valence-electron chi connectivity index (χ2n) is 5.97. The standard InChI is InChI=1S/C20H18N4O3/c1-24(15-5-3-2-4-6-15)20(25)16-12-22-19(13-21-16)23-14-7-8-17-18(11-14)27-10-9-26-17/h2-8,11-13H,9-10H2,1H3,(H,22,23). The van der Waals surface area contributed by atoms with Crippen LogP contribution < -0.4 is 19.7 Å². The number of nitrogens with zero attached hydrogens (tertiary/aromatic N) is 3. The highest BCUT2D eigenvalue weighted by atomic mass is 16.6. The number of aromatic nitrogens is 2. The summed E-state index contributed by atoms with van der Waals surface area (Å²) in [6.45, 7) is 1.08. The lowest BCUT2D eigenvalue weighted by Crippen LogP contribution is -2.27. The van der Waals surface area contributed by atoms with Gasteiger partial charge in [0.1, 0.15) is 24.7 Å². The Labute approximate surface area is 156 Å². The number of anilines is 3. The molecule has 7 heteroatoms. The van der Waals surface area contributed by atoms with E-state index in [1.807, 2.05) is 48.5 Å². The van der Waals surface area contributed by atoms with E-state index in [0.29, 0.717) is 24.8 Å². The average molecular weight is 362 g/mol. The lowest BCUT2D eigenvalue weighted by molar-refractivity contribution is 0.0988. The number of hydrogen-bond acceptors (Lipinski definition) is 6. The van der Waals surface area contributed by atoms with Crippen LogP contribution in [0, 0.1) is 0 Å². The first-order valence-electron chi connectivity index (χ1n) is 8.52. The molecule has 1 N–H and O–H groups in total. The molecule has 0 bridgehead atoms. The van der Waals surface area contributed by atoms with Gasteiger partial charge in [-0.05, 0) is 24.3 Å². The molecule has 0 radical (unpaired) electrons. The van der Waals surface area contributed by atoms with Crippen molar-refractivity contribution in [2.45, 2.75) is 0 Å². The smallest absolute Gasteiger partial charge is 0.278 e. The Hall–Kier alpha value is -3.61. The van der Waals surface area contributed by atoms with Crippen LogP contribution in [-0.4, -0.2) is 36.1 Å². The fourth-order valence-corrected chi connectivity index (χ4v) is 2.71. The van der Waals surface area contributed by atoms with Crippen molar-refractivity contribution in [2.75, 3.05) is 30.5 Å². The SMILES string of the molecule is CN(C(=O)c1cnc(Nc2ccc3c(c2)OCCO3)cn1)c1ccccc1. The van der Waals surface area contributed by atoms with Crippen LogP contribution in [0.4, 0.5) is 17.2 Å². The molecule has 0 spiro atoms. The number of carbonyl (C=O) groups excluding carboxylic acids is 1. The fourth-order valence-electron chi connectivity index (χ4n) is 2.71. The molecule has 27 heavy (non-hydrogen) atoms. The first kappa shape index (κ1) is 16.8. The summed E-state index contributed by atoms with van der Waals surface area (Å²) in [4.78, 5) is 22.6. The quantitative estimate of drug-likeness (QED) is 0.768. The Morgan fingerprint density at radius 1 is 1.00 bits per heavy atom. The highest BCUT2D eigenvalue weighted by molar-refractivity contribution is 6.04. The zero-order valence-electron chi connectivity index (χ0n) is 14.8. The number of benzene rings is 2. The molecule has 2 aromatic carbocycles. The molecule has 1 aliphatic rings. The molecule has 0 atom stereocenters. The van der Waals surface area contributed by atoms with Crippen LogP contribution in [0.3, 0.4) is 0 Å².